The molecule has 0 spiro atoms. The van der Waals surface area contributed by atoms with Crippen LogP contribution in [0.25, 0.3) is 0 Å². The first-order valence-corrected chi connectivity index (χ1v) is 6.63. The Morgan fingerprint density at radius 1 is 1.00 bits per heavy atom. The zero-order valence-corrected chi connectivity index (χ0v) is 12.2. The highest BCUT2D eigenvalue weighted by molar-refractivity contribution is 5.03. The van der Waals surface area contributed by atoms with E-state index in [9.17, 15) is 0 Å². The van der Waals surface area contributed by atoms with Crippen LogP contribution in [0.5, 0.6) is 0 Å². The molecule has 0 aromatic carbocycles. The Hall–Kier alpha value is -0.0800. The summed E-state index contributed by atoms with van der Waals surface area (Å²) in [5.74, 6) is 0.688. The summed E-state index contributed by atoms with van der Waals surface area (Å²) in [5, 5.41) is 0. The second-order valence-corrected chi connectivity index (χ2v) is 7.15. The highest BCUT2D eigenvalue weighted by atomic mass is 15.3. The van der Waals surface area contributed by atoms with Crippen LogP contribution in [0.3, 0.4) is 0 Å². The monoisotopic (exact) mass is 226 g/mol. The molecule has 16 heavy (non-hydrogen) atoms. The number of nitrogens with two attached hydrogens (primary N) is 1. The molecule has 2 N–H and O–H groups in total. The smallest absolute Gasteiger partial charge is 0.0176 e. The Morgan fingerprint density at radius 2 is 1.38 bits per heavy atom. The summed E-state index contributed by atoms with van der Waals surface area (Å²) in [6.07, 6.45) is 2.21. The average Bonchev–Trinajstić information content (AvgIpc) is 1.96. The van der Waals surface area contributed by atoms with Crippen molar-refractivity contribution in [3.8, 4) is 0 Å². The molecule has 1 atom stereocenters. The SMILES string of the molecule is CC(C)C(C)N1C(C)(C)CC(N)CC1(C)C. The molecule has 0 saturated carbocycles. The molecule has 1 rings (SSSR count). The predicted octanol–water partition coefficient (Wildman–Crippen LogP) is 3.01. The molecule has 0 radical (unpaired) electrons. The molecule has 0 aromatic heterocycles. The van der Waals surface area contributed by atoms with E-state index < -0.39 is 0 Å². The van der Waals surface area contributed by atoms with Gasteiger partial charge in [0, 0.05) is 23.2 Å². The fourth-order valence-corrected chi connectivity index (χ4v) is 3.77. The van der Waals surface area contributed by atoms with Gasteiger partial charge in [0.15, 0.2) is 0 Å². The third kappa shape index (κ3) is 2.60. The molecular formula is C14H30N2. The Bertz CT molecular complexity index is 225. The zero-order chi connectivity index (χ0) is 12.7. The van der Waals surface area contributed by atoms with Gasteiger partial charge in [-0.25, -0.2) is 0 Å². The number of rotatable bonds is 2. The predicted molar refractivity (Wildman–Crippen MR) is 71.5 cm³/mol. The van der Waals surface area contributed by atoms with Crippen LogP contribution >= 0.6 is 0 Å². The van der Waals surface area contributed by atoms with Gasteiger partial charge < -0.3 is 5.73 Å². The Labute approximate surface area is 102 Å². The largest absolute Gasteiger partial charge is 0.328 e. The maximum absolute atomic E-state index is 6.20. The minimum absolute atomic E-state index is 0.213. The fraction of sp³-hybridized carbons (Fsp3) is 1.00. The summed E-state index contributed by atoms with van der Waals surface area (Å²) in [5.41, 5.74) is 6.62. The van der Waals surface area contributed by atoms with E-state index >= 15 is 0 Å². The van der Waals surface area contributed by atoms with Crippen LogP contribution in [-0.2, 0) is 0 Å². The van der Waals surface area contributed by atoms with Crippen molar-refractivity contribution in [2.45, 2.75) is 84.5 Å². The van der Waals surface area contributed by atoms with E-state index in [1.165, 1.54) is 0 Å². The fourth-order valence-electron chi connectivity index (χ4n) is 3.77. The second kappa shape index (κ2) is 4.30. The van der Waals surface area contributed by atoms with Crippen molar-refractivity contribution in [3.63, 3.8) is 0 Å². The molecule has 96 valence electrons. The maximum atomic E-state index is 6.20. The van der Waals surface area contributed by atoms with Gasteiger partial charge in [-0.2, -0.15) is 0 Å². The maximum Gasteiger partial charge on any atom is 0.0176 e. The van der Waals surface area contributed by atoms with Crippen molar-refractivity contribution in [1.82, 2.24) is 4.90 Å². The van der Waals surface area contributed by atoms with E-state index in [0.717, 1.165) is 12.8 Å². The van der Waals surface area contributed by atoms with Crippen molar-refractivity contribution in [1.29, 1.82) is 0 Å². The topological polar surface area (TPSA) is 29.3 Å². The number of likely N-dealkylation sites (tertiary alicyclic amines) is 1. The lowest BCUT2D eigenvalue weighted by molar-refractivity contribution is -0.0746. The zero-order valence-electron chi connectivity index (χ0n) is 12.2. The summed E-state index contributed by atoms with van der Waals surface area (Å²) >= 11 is 0. The highest BCUT2D eigenvalue weighted by Gasteiger charge is 2.46. The van der Waals surface area contributed by atoms with Crippen molar-refractivity contribution < 1.29 is 0 Å². The third-order valence-electron chi connectivity index (χ3n) is 4.20. The van der Waals surface area contributed by atoms with Crippen LogP contribution in [0, 0.1) is 5.92 Å². The van der Waals surface area contributed by atoms with Gasteiger partial charge in [-0.3, -0.25) is 4.90 Å². The number of piperidine rings is 1. The quantitative estimate of drug-likeness (QED) is 0.784. The van der Waals surface area contributed by atoms with Crippen molar-refractivity contribution in [2.75, 3.05) is 0 Å². The van der Waals surface area contributed by atoms with Gasteiger partial charge in [-0.1, -0.05) is 13.8 Å². The van der Waals surface area contributed by atoms with Gasteiger partial charge in [0.1, 0.15) is 0 Å². The Morgan fingerprint density at radius 3 is 1.69 bits per heavy atom. The molecule has 1 fully saturated rings. The van der Waals surface area contributed by atoms with E-state index in [-0.39, 0.29) is 11.1 Å². The molecular weight excluding hydrogens is 196 g/mol. The van der Waals surface area contributed by atoms with E-state index in [1.807, 2.05) is 0 Å². The van der Waals surface area contributed by atoms with Crippen LogP contribution < -0.4 is 5.73 Å². The molecule has 2 nitrogen and oxygen atoms in total. The van der Waals surface area contributed by atoms with E-state index in [2.05, 4.69) is 53.4 Å². The minimum atomic E-state index is 0.213. The summed E-state index contributed by atoms with van der Waals surface area (Å²) in [6, 6.07) is 0.957. The summed E-state index contributed by atoms with van der Waals surface area (Å²) < 4.78 is 0. The van der Waals surface area contributed by atoms with Crippen LogP contribution in [0.2, 0.25) is 0 Å². The van der Waals surface area contributed by atoms with Gasteiger partial charge in [-0.05, 0) is 53.4 Å². The normalized spacial score (nSPS) is 28.3. The average molecular weight is 226 g/mol. The Kier molecular flexibility index (Phi) is 3.76. The van der Waals surface area contributed by atoms with Gasteiger partial charge in [0.25, 0.3) is 0 Å². The first-order valence-electron chi connectivity index (χ1n) is 6.63. The lowest BCUT2D eigenvalue weighted by Gasteiger charge is -2.58. The van der Waals surface area contributed by atoms with Gasteiger partial charge in [0.05, 0.1) is 0 Å². The first kappa shape index (κ1) is 14.0. The number of hydrogen-bond acceptors (Lipinski definition) is 2. The lowest BCUT2D eigenvalue weighted by atomic mass is 9.75. The van der Waals surface area contributed by atoms with Crippen molar-refractivity contribution in [2.24, 2.45) is 11.7 Å². The first-order chi connectivity index (χ1) is 7.08. The summed E-state index contributed by atoms with van der Waals surface area (Å²) in [6.45, 7) is 16.3. The van der Waals surface area contributed by atoms with E-state index in [4.69, 9.17) is 5.73 Å². The molecule has 0 aliphatic carbocycles. The molecule has 0 amide bonds. The van der Waals surface area contributed by atoms with Crippen molar-refractivity contribution in [3.05, 3.63) is 0 Å². The number of nitrogens with zero attached hydrogens (tertiary/aromatic N) is 1. The molecule has 0 bridgehead atoms. The van der Waals surface area contributed by atoms with Gasteiger partial charge >= 0.3 is 0 Å². The molecule has 1 aliphatic heterocycles. The van der Waals surface area contributed by atoms with Gasteiger partial charge in [-0.15, -0.1) is 0 Å². The molecule has 1 aliphatic rings. The minimum Gasteiger partial charge on any atom is -0.328 e. The van der Waals surface area contributed by atoms with Crippen LogP contribution in [0.4, 0.5) is 0 Å². The summed E-state index contributed by atoms with van der Waals surface area (Å²) in [7, 11) is 0. The highest BCUT2D eigenvalue weighted by Crippen LogP contribution is 2.40. The number of hydrogen-bond donors (Lipinski definition) is 1. The molecule has 1 heterocycles. The van der Waals surface area contributed by atoms with Crippen LogP contribution in [-0.4, -0.2) is 28.1 Å². The van der Waals surface area contributed by atoms with Crippen molar-refractivity contribution >= 4 is 0 Å². The lowest BCUT2D eigenvalue weighted by Crippen LogP contribution is -2.66. The second-order valence-electron chi connectivity index (χ2n) is 7.15. The molecule has 2 heteroatoms. The Balaban J connectivity index is 3.01. The molecule has 1 saturated heterocycles. The van der Waals surface area contributed by atoms with Crippen LogP contribution in [0.1, 0.15) is 61.3 Å². The third-order valence-corrected chi connectivity index (χ3v) is 4.20. The van der Waals surface area contributed by atoms with Gasteiger partial charge in [0.2, 0.25) is 0 Å². The molecule has 0 aromatic rings. The summed E-state index contributed by atoms with van der Waals surface area (Å²) in [4.78, 5) is 2.69. The molecule has 1 unspecified atom stereocenters. The van der Waals surface area contributed by atoms with Crippen LogP contribution in [0.15, 0.2) is 0 Å². The van der Waals surface area contributed by atoms with E-state index in [1.54, 1.807) is 0 Å². The standard InChI is InChI=1S/C14H30N2/c1-10(2)11(3)16-13(4,5)8-12(15)9-14(16,6)7/h10-12H,8-9,15H2,1-7H3. The van der Waals surface area contributed by atoms with E-state index in [0.29, 0.717) is 18.0 Å².